The molecule has 0 amide bonds. The summed E-state index contributed by atoms with van der Waals surface area (Å²) >= 11 is 11.9. The van der Waals surface area contributed by atoms with Gasteiger partial charge in [-0.3, -0.25) is 0 Å². The van der Waals surface area contributed by atoms with E-state index in [1.165, 1.54) is 0 Å². The van der Waals surface area contributed by atoms with Crippen LogP contribution in [0.4, 0.5) is 0 Å². The molecule has 0 N–H and O–H groups in total. The van der Waals surface area contributed by atoms with Crippen LogP contribution in [-0.4, -0.2) is 19.3 Å². The molecule has 0 saturated carbocycles. The number of ether oxygens (including phenoxy) is 2. The Bertz CT molecular complexity index is 454. The number of terminal acetylenes is 1. The minimum absolute atomic E-state index is 0.0946. The Morgan fingerprint density at radius 1 is 1.44 bits per heavy atom. The average Bonchev–Trinajstić information content (AvgIpc) is 2.80. The number of halogens is 2. The smallest absolute Gasteiger partial charge is 0.0821 e. The van der Waals surface area contributed by atoms with Crippen molar-refractivity contribution in [2.45, 2.75) is 19.1 Å². The minimum atomic E-state index is 0.0946. The molecule has 0 aromatic heterocycles. The molecular formula is C14H14Cl2O2. The molecule has 18 heavy (non-hydrogen) atoms. The van der Waals surface area contributed by atoms with Gasteiger partial charge in [0, 0.05) is 16.0 Å². The van der Waals surface area contributed by atoms with Crippen molar-refractivity contribution in [1.82, 2.24) is 0 Å². The van der Waals surface area contributed by atoms with Crippen LogP contribution in [0.5, 0.6) is 0 Å². The zero-order valence-corrected chi connectivity index (χ0v) is 11.4. The summed E-state index contributed by atoms with van der Waals surface area (Å²) in [5, 5.41) is 1.25. The SMILES string of the molecule is C#CC1COC(COCc2ccc(Cl)cc2Cl)C1. The summed E-state index contributed by atoms with van der Waals surface area (Å²) in [6.45, 7) is 1.62. The van der Waals surface area contributed by atoms with Crippen LogP contribution in [0.2, 0.25) is 10.0 Å². The zero-order chi connectivity index (χ0) is 13.0. The highest BCUT2D eigenvalue weighted by atomic mass is 35.5. The monoisotopic (exact) mass is 284 g/mol. The highest BCUT2D eigenvalue weighted by Gasteiger charge is 2.23. The summed E-state index contributed by atoms with van der Waals surface area (Å²) in [6.07, 6.45) is 6.31. The Balaban J connectivity index is 1.77. The van der Waals surface area contributed by atoms with E-state index in [1.807, 2.05) is 6.07 Å². The second-order valence-electron chi connectivity index (χ2n) is 4.31. The quantitative estimate of drug-likeness (QED) is 0.788. The van der Waals surface area contributed by atoms with Gasteiger partial charge < -0.3 is 9.47 Å². The predicted molar refractivity (Wildman–Crippen MR) is 72.8 cm³/mol. The largest absolute Gasteiger partial charge is 0.374 e. The lowest BCUT2D eigenvalue weighted by Crippen LogP contribution is -2.14. The van der Waals surface area contributed by atoms with Gasteiger partial charge in [-0.2, -0.15) is 0 Å². The topological polar surface area (TPSA) is 18.5 Å². The average molecular weight is 285 g/mol. The summed E-state index contributed by atoms with van der Waals surface area (Å²) in [4.78, 5) is 0. The Labute approximate surface area is 117 Å². The highest BCUT2D eigenvalue weighted by Crippen LogP contribution is 2.23. The molecule has 2 rings (SSSR count). The number of hydrogen-bond acceptors (Lipinski definition) is 2. The third-order valence-electron chi connectivity index (χ3n) is 2.89. The standard InChI is InChI=1S/C14H14Cl2O2/c1-2-10-5-13(18-7-10)9-17-8-11-3-4-12(15)6-14(11)16/h1,3-4,6,10,13H,5,7-9H2. The van der Waals surface area contributed by atoms with Crippen molar-refractivity contribution < 1.29 is 9.47 Å². The van der Waals surface area contributed by atoms with Gasteiger partial charge in [-0.15, -0.1) is 12.3 Å². The maximum absolute atomic E-state index is 6.05. The van der Waals surface area contributed by atoms with Crippen LogP contribution in [0.15, 0.2) is 18.2 Å². The van der Waals surface area contributed by atoms with Gasteiger partial charge >= 0.3 is 0 Å². The van der Waals surface area contributed by atoms with E-state index < -0.39 is 0 Å². The minimum Gasteiger partial charge on any atom is -0.374 e. The van der Waals surface area contributed by atoms with Crippen molar-refractivity contribution in [2.24, 2.45) is 5.92 Å². The highest BCUT2D eigenvalue weighted by molar-refractivity contribution is 6.35. The second-order valence-corrected chi connectivity index (χ2v) is 5.15. The van der Waals surface area contributed by atoms with Gasteiger partial charge in [-0.1, -0.05) is 29.3 Å². The molecule has 2 nitrogen and oxygen atoms in total. The molecule has 2 atom stereocenters. The van der Waals surface area contributed by atoms with E-state index in [4.69, 9.17) is 39.1 Å². The van der Waals surface area contributed by atoms with Gasteiger partial charge in [-0.25, -0.2) is 0 Å². The molecule has 0 aliphatic carbocycles. The fourth-order valence-electron chi connectivity index (χ4n) is 1.88. The first-order chi connectivity index (χ1) is 8.69. The third kappa shape index (κ3) is 3.63. The van der Waals surface area contributed by atoms with E-state index >= 15 is 0 Å². The van der Waals surface area contributed by atoms with Crippen LogP contribution in [0, 0.1) is 18.3 Å². The van der Waals surface area contributed by atoms with Gasteiger partial charge in [-0.05, 0) is 24.1 Å². The summed E-state index contributed by atoms with van der Waals surface area (Å²) < 4.78 is 11.1. The van der Waals surface area contributed by atoms with Crippen LogP contribution in [-0.2, 0) is 16.1 Å². The lowest BCUT2D eigenvalue weighted by molar-refractivity contribution is 0.0103. The fraction of sp³-hybridized carbons (Fsp3) is 0.429. The lowest BCUT2D eigenvalue weighted by Gasteiger charge is -2.11. The maximum Gasteiger partial charge on any atom is 0.0821 e. The van der Waals surface area contributed by atoms with Gasteiger partial charge in [0.2, 0.25) is 0 Å². The van der Waals surface area contributed by atoms with Crippen molar-refractivity contribution in [3.8, 4) is 12.3 Å². The van der Waals surface area contributed by atoms with E-state index in [0.717, 1.165) is 12.0 Å². The van der Waals surface area contributed by atoms with E-state index in [-0.39, 0.29) is 12.0 Å². The molecular weight excluding hydrogens is 271 g/mol. The van der Waals surface area contributed by atoms with Gasteiger partial charge in [0.15, 0.2) is 0 Å². The molecule has 1 fully saturated rings. The molecule has 0 bridgehead atoms. The van der Waals surface area contributed by atoms with Crippen LogP contribution in [0.1, 0.15) is 12.0 Å². The van der Waals surface area contributed by atoms with E-state index in [9.17, 15) is 0 Å². The molecule has 0 spiro atoms. The van der Waals surface area contributed by atoms with Gasteiger partial charge in [0.1, 0.15) is 0 Å². The molecule has 1 heterocycles. The Hall–Kier alpha value is -0.720. The number of benzene rings is 1. The maximum atomic E-state index is 6.05. The Morgan fingerprint density at radius 2 is 2.28 bits per heavy atom. The number of rotatable bonds is 4. The summed E-state index contributed by atoms with van der Waals surface area (Å²) in [5.74, 6) is 2.92. The molecule has 1 saturated heterocycles. The van der Waals surface area contributed by atoms with E-state index in [1.54, 1.807) is 12.1 Å². The molecule has 1 aromatic carbocycles. The van der Waals surface area contributed by atoms with Gasteiger partial charge in [0.25, 0.3) is 0 Å². The van der Waals surface area contributed by atoms with Crippen molar-refractivity contribution in [2.75, 3.05) is 13.2 Å². The van der Waals surface area contributed by atoms with Crippen molar-refractivity contribution in [3.63, 3.8) is 0 Å². The van der Waals surface area contributed by atoms with Crippen molar-refractivity contribution in [1.29, 1.82) is 0 Å². The van der Waals surface area contributed by atoms with Crippen LogP contribution >= 0.6 is 23.2 Å². The summed E-state index contributed by atoms with van der Waals surface area (Å²) in [5.41, 5.74) is 0.924. The first-order valence-corrected chi connectivity index (χ1v) is 6.54. The zero-order valence-electron chi connectivity index (χ0n) is 9.86. The molecule has 0 radical (unpaired) electrons. The van der Waals surface area contributed by atoms with Crippen LogP contribution < -0.4 is 0 Å². The third-order valence-corrected chi connectivity index (χ3v) is 3.48. The first kappa shape index (κ1) is 13.7. The molecule has 4 heteroatoms. The summed E-state index contributed by atoms with van der Waals surface area (Å²) in [6, 6.07) is 5.37. The molecule has 2 unspecified atom stereocenters. The summed E-state index contributed by atoms with van der Waals surface area (Å²) in [7, 11) is 0. The first-order valence-electron chi connectivity index (χ1n) is 5.78. The predicted octanol–water partition coefficient (Wildman–Crippen LogP) is 3.55. The molecule has 1 aliphatic heterocycles. The van der Waals surface area contributed by atoms with E-state index in [0.29, 0.717) is 29.9 Å². The number of hydrogen-bond donors (Lipinski definition) is 0. The lowest BCUT2D eigenvalue weighted by atomic mass is 10.1. The van der Waals surface area contributed by atoms with Crippen LogP contribution in [0.3, 0.4) is 0 Å². The van der Waals surface area contributed by atoms with E-state index in [2.05, 4.69) is 5.92 Å². The van der Waals surface area contributed by atoms with Gasteiger partial charge in [0.05, 0.1) is 25.9 Å². The normalized spacial score (nSPS) is 22.9. The van der Waals surface area contributed by atoms with Crippen molar-refractivity contribution >= 4 is 23.2 Å². The fourth-order valence-corrected chi connectivity index (χ4v) is 2.34. The van der Waals surface area contributed by atoms with Crippen molar-refractivity contribution in [3.05, 3.63) is 33.8 Å². The Kier molecular flexibility index (Phi) is 4.91. The molecule has 1 aliphatic rings. The molecule has 1 aromatic rings. The van der Waals surface area contributed by atoms with Crippen LogP contribution in [0.25, 0.3) is 0 Å². The Morgan fingerprint density at radius 3 is 2.94 bits per heavy atom. The second kappa shape index (κ2) is 6.45. The molecule has 96 valence electrons.